The lowest BCUT2D eigenvalue weighted by Gasteiger charge is -2.34. The Bertz CT molecular complexity index is 363. The van der Waals surface area contributed by atoms with Gasteiger partial charge in [-0.2, -0.15) is 5.10 Å². The molecule has 17 heavy (non-hydrogen) atoms. The number of nitrogens with zero attached hydrogens (tertiary/aromatic N) is 3. The molecule has 1 aliphatic carbocycles. The van der Waals surface area contributed by atoms with E-state index in [2.05, 4.69) is 29.2 Å². The molecule has 1 N–H and O–H groups in total. The molecule has 1 heterocycles. The van der Waals surface area contributed by atoms with Crippen LogP contribution in [-0.2, 0) is 11.3 Å². The minimum absolute atomic E-state index is 0.0291. The predicted octanol–water partition coefficient (Wildman–Crippen LogP) is 1.22. The van der Waals surface area contributed by atoms with Crippen LogP contribution >= 0.6 is 0 Å². The number of carbonyl (C=O) groups is 1. The van der Waals surface area contributed by atoms with Crippen molar-refractivity contribution in [1.29, 1.82) is 0 Å². The van der Waals surface area contributed by atoms with Crippen LogP contribution in [0.4, 0.5) is 0 Å². The van der Waals surface area contributed by atoms with Crippen LogP contribution in [0.15, 0.2) is 12.7 Å². The van der Waals surface area contributed by atoms with Gasteiger partial charge in [0.15, 0.2) is 0 Å². The molecule has 1 aliphatic rings. The fraction of sp³-hybridized carbons (Fsp3) is 0.750. The van der Waals surface area contributed by atoms with Crippen molar-refractivity contribution in [1.82, 2.24) is 20.1 Å². The Hall–Kier alpha value is -1.39. The highest BCUT2D eigenvalue weighted by atomic mass is 16.2. The lowest BCUT2D eigenvalue weighted by molar-refractivity contribution is -0.123. The molecule has 0 aliphatic heterocycles. The first-order chi connectivity index (χ1) is 8.16. The van der Waals surface area contributed by atoms with Crippen molar-refractivity contribution < 1.29 is 4.79 Å². The second-order valence-corrected chi connectivity index (χ2v) is 5.03. The summed E-state index contributed by atoms with van der Waals surface area (Å²) in [5.74, 6) is 1.28. The Balaban J connectivity index is 1.85. The van der Waals surface area contributed by atoms with E-state index in [0.717, 1.165) is 6.42 Å². The van der Waals surface area contributed by atoms with Gasteiger partial charge in [0.1, 0.15) is 19.2 Å². The van der Waals surface area contributed by atoms with Crippen LogP contribution in [0.25, 0.3) is 0 Å². The summed E-state index contributed by atoms with van der Waals surface area (Å²) in [5, 5.41) is 7.04. The van der Waals surface area contributed by atoms with Crippen LogP contribution in [0.5, 0.6) is 0 Å². The molecule has 5 heteroatoms. The van der Waals surface area contributed by atoms with Crippen LogP contribution in [0, 0.1) is 11.8 Å². The Morgan fingerprint density at radius 1 is 1.47 bits per heavy atom. The zero-order chi connectivity index (χ0) is 12.3. The number of aromatic nitrogens is 3. The quantitative estimate of drug-likeness (QED) is 0.858. The molecule has 0 radical (unpaired) electrons. The summed E-state index contributed by atoms with van der Waals surface area (Å²) in [5.41, 5.74) is 0. The summed E-state index contributed by atoms with van der Waals surface area (Å²) in [7, 11) is 0. The molecular weight excluding hydrogens is 216 g/mol. The minimum Gasteiger partial charge on any atom is -0.351 e. The lowest BCUT2D eigenvalue weighted by atomic mass is 9.78. The van der Waals surface area contributed by atoms with Crippen LogP contribution < -0.4 is 5.32 Å². The third-order valence-electron chi connectivity index (χ3n) is 3.83. The van der Waals surface area contributed by atoms with Crippen molar-refractivity contribution in [2.24, 2.45) is 11.8 Å². The highest BCUT2D eigenvalue weighted by molar-refractivity contribution is 5.75. The first-order valence-corrected chi connectivity index (χ1v) is 6.28. The molecule has 5 nitrogen and oxygen atoms in total. The Morgan fingerprint density at radius 2 is 2.29 bits per heavy atom. The molecule has 3 atom stereocenters. The van der Waals surface area contributed by atoms with Gasteiger partial charge in [-0.15, -0.1) is 0 Å². The monoisotopic (exact) mass is 236 g/mol. The average Bonchev–Trinajstić information content (AvgIpc) is 2.77. The Kier molecular flexibility index (Phi) is 3.76. The topological polar surface area (TPSA) is 59.8 Å². The molecule has 94 valence electrons. The van der Waals surface area contributed by atoms with Gasteiger partial charge in [0.2, 0.25) is 5.91 Å². The van der Waals surface area contributed by atoms with Crippen LogP contribution in [0.2, 0.25) is 0 Å². The summed E-state index contributed by atoms with van der Waals surface area (Å²) in [6.45, 7) is 4.75. The highest BCUT2D eigenvalue weighted by Crippen LogP contribution is 2.29. The molecule has 1 aromatic rings. The molecule has 0 spiro atoms. The first kappa shape index (κ1) is 12.1. The van der Waals surface area contributed by atoms with Gasteiger partial charge < -0.3 is 5.32 Å². The summed E-state index contributed by atoms with van der Waals surface area (Å²) < 4.78 is 1.55. The molecule has 0 saturated heterocycles. The molecule has 1 fully saturated rings. The number of hydrogen-bond donors (Lipinski definition) is 1. The van der Waals surface area contributed by atoms with E-state index in [-0.39, 0.29) is 12.5 Å². The average molecular weight is 236 g/mol. The summed E-state index contributed by atoms with van der Waals surface area (Å²) >= 11 is 0. The van der Waals surface area contributed by atoms with E-state index in [1.54, 1.807) is 11.0 Å². The van der Waals surface area contributed by atoms with E-state index in [1.807, 2.05) is 0 Å². The SMILES string of the molecule is CC1CCCC(NC(=O)Cn2cncn2)C1C. The molecule has 0 bridgehead atoms. The second-order valence-electron chi connectivity index (χ2n) is 5.03. The smallest absolute Gasteiger partial charge is 0.242 e. The van der Waals surface area contributed by atoms with Crippen molar-refractivity contribution in [3.63, 3.8) is 0 Å². The van der Waals surface area contributed by atoms with Gasteiger partial charge in [0.05, 0.1) is 0 Å². The largest absolute Gasteiger partial charge is 0.351 e. The normalized spacial score (nSPS) is 28.9. The van der Waals surface area contributed by atoms with Gasteiger partial charge in [-0.1, -0.05) is 26.7 Å². The predicted molar refractivity (Wildman–Crippen MR) is 64.1 cm³/mol. The zero-order valence-corrected chi connectivity index (χ0v) is 10.5. The first-order valence-electron chi connectivity index (χ1n) is 6.28. The highest BCUT2D eigenvalue weighted by Gasteiger charge is 2.27. The maximum atomic E-state index is 11.8. The number of hydrogen-bond acceptors (Lipinski definition) is 3. The van der Waals surface area contributed by atoms with Crippen molar-refractivity contribution >= 4 is 5.91 Å². The van der Waals surface area contributed by atoms with Crippen molar-refractivity contribution in [3.8, 4) is 0 Å². The van der Waals surface area contributed by atoms with E-state index in [1.165, 1.54) is 19.2 Å². The van der Waals surface area contributed by atoms with Gasteiger partial charge in [-0.25, -0.2) is 9.67 Å². The van der Waals surface area contributed by atoms with Crippen molar-refractivity contribution in [2.45, 2.75) is 45.7 Å². The third-order valence-corrected chi connectivity index (χ3v) is 3.83. The number of amides is 1. The summed E-state index contributed by atoms with van der Waals surface area (Å²) in [4.78, 5) is 15.7. The molecule has 3 unspecified atom stereocenters. The molecule has 1 aromatic heterocycles. The molecule has 1 saturated carbocycles. The lowest BCUT2D eigenvalue weighted by Crippen LogP contribution is -2.44. The summed E-state index contributed by atoms with van der Waals surface area (Å²) in [6.07, 6.45) is 6.58. The van der Waals surface area contributed by atoms with Crippen LogP contribution in [-0.4, -0.2) is 26.7 Å². The summed E-state index contributed by atoms with van der Waals surface area (Å²) in [6, 6.07) is 0.315. The van der Waals surface area contributed by atoms with Crippen LogP contribution in [0.3, 0.4) is 0 Å². The van der Waals surface area contributed by atoms with Gasteiger partial charge in [0, 0.05) is 6.04 Å². The van der Waals surface area contributed by atoms with Gasteiger partial charge in [0.25, 0.3) is 0 Å². The Morgan fingerprint density at radius 3 is 3.00 bits per heavy atom. The van der Waals surface area contributed by atoms with Gasteiger partial charge in [-0.05, 0) is 18.3 Å². The number of rotatable bonds is 3. The van der Waals surface area contributed by atoms with Crippen molar-refractivity contribution in [2.75, 3.05) is 0 Å². The zero-order valence-electron chi connectivity index (χ0n) is 10.5. The Labute approximate surface area is 102 Å². The fourth-order valence-electron chi connectivity index (χ4n) is 2.50. The van der Waals surface area contributed by atoms with E-state index < -0.39 is 0 Å². The standard InChI is InChI=1S/C12H20N4O/c1-9-4-3-5-11(10(9)2)15-12(17)6-16-8-13-7-14-16/h7-11H,3-6H2,1-2H3,(H,15,17). The third kappa shape index (κ3) is 3.05. The maximum Gasteiger partial charge on any atom is 0.242 e. The van der Waals surface area contributed by atoms with Crippen LogP contribution in [0.1, 0.15) is 33.1 Å². The van der Waals surface area contributed by atoms with Gasteiger partial charge in [-0.3, -0.25) is 4.79 Å². The molecule has 2 rings (SSSR count). The second kappa shape index (κ2) is 5.29. The molecular formula is C12H20N4O. The number of nitrogens with one attached hydrogen (secondary N) is 1. The van der Waals surface area contributed by atoms with Gasteiger partial charge >= 0.3 is 0 Å². The molecule has 0 aromatic carbocycles. The van der Waals surface area contributed by atoms with E-state index >= 15 is 0 Å². The minimum atomic E-state index is 0.0291. The fourth-order valence-corrected chi connectivity index (χ4v) is 2.50. The number of carbonyl (C=O) groups excluding carboxylic acids is 1. The molecule has 1 amide bonds. The van der Waals surface area contributed by atoms with E-state index in [4.69, 9.17) is 0 Å². The maximum absolute atomic E-state index is 11.8. The van der Waals surface area contributed by atoms with Crippen molar-refractivity contribution in [3.05, 3.63) is 12.7 Å². The van der Waals surface area contributed by atoms with E-state index in [0.29, 0.717) is 17.9 Å². The van der Waals surface area contributed by atoms with E-state index in [9.17, 15) is 4.79 Å².